The average molecular weight is 469 g/mol. The molecule has 34 heavy (non-hydrogen) atoms. The first-order chi connectivity index (χ1) is 16.1. The minimum absolute atomic E-state index is 0.0143. The summed E-state index contributed by atoms with van der Waals surface area (Å²) in [6, 6.07) is 12.1. The lowest BCUT2D eigenvalue weighted by Gasteiger charge is -2.43. The topological polar surface area (TPSA) is 84.6 Å². The van der Waals surface area contributed by atoms with Gasteiger partial charge in [0.25, 0.3) is 5.91 Å². The molecule has 2 aromatic carbocycles. The van der Waals surface area contributed by atoms with Crippen molar-refractivity contribution in [2.24, 2.45) is 0 Å². The number of carbonyl (C=O) groups excluding carboxylic acids is 1. The fraction of sp³-hybridized carbons (Fsp3) is 0.320. The van der Waals surface area contributed by atoms with Crippen LogP contribution in [0.1, 0.15) is 48.8 Å². The van der Waals surface area contributed by atoms with E-state index in [0.717, 1.165) is 24.1 Å². The van der Waals surface area contributed by atoms with Crippen LogP contribution >= 0.6 is 0 Å². The number of benzene rings is 2. The normalized spacial score (nSPS) is 17.1. The van der Waals surface area contributed by atoms with E-state index in [1.807, 2.05) is 24.3 Å². The molecule has 1 spiro atoms. The zero-order chi connectivity index (χ0) is 24.7. The quantitative estimate of drug-likeness (QED) is 0.626. The average Bonchev–Trinajstić information content (AvgIpc) is 3.00. The molecular formula is C25H22F3N3O3. The fourth-order valence-electron chi connectivity index (χ4n) is 4.64. The van der Waals surface area contributed by atoms with Crippen molar-refractivity contribution in [3.63, 3.8) is 0 Å². The van der Waals surface area contributed by atoms with Crippen molar-refractivity contribution < 1.29 is 27.9 Å². The number of amides is 1. The summed E-state index contributed by atoms with van der Waals surface area (Å²) in [6.07, 6.45) is -1.68. The van der Waals surface area contributed by atoms with Crippen LogP contribution in [0, 0.1) is 11.3 Å². The predicted molar refractivity (Wildman–Crippen MR) is 119 cm³/mol. The summed E-state index contributed by atoms with van der Waals surface area (Å²) < 4.78 is 40.6. The molecule has 0 unspecified atom stereocenters. The van der Waals surface area contributed by atoms with Crippen LogP contribution < -0.4 is 9.80 Å². The molecule has 1 aliphatic heterocycles. The van der Waals surface area contributed by atoms with Gasteiger partial charge in [-0.05, 0) is 68.0 Å². The molecule has 1 aliphatic carbocycles. The van der Waals surface area contributed by atoms with Gasteiger partial charge in [0.15, 0.2) is 0 Å². The molecular weight excluding hydrogens is 447 g/mol. The Labute approximate surface area is 194 Å². The summed E-state index contributed by atoms with van der Waals surface area (Å²) >= 11 is 0. The van der Waals surface area contributed by atoms with Crippen molar-refractivity contribution in [1.82, 2.24) is 0 Å². The molecule has 1 amide bonds. The second kappa shape index (κ2) is 8.52. The van der Waals surface area contributed by atoms with Crippen LogP contribution in [0.15, 0.2) is 54.9 Å². The van der Waals surface area contributed by atoms with Gasteiger partial charge >= 0.3 is 12.1 Å². The second-order valence-electron chi connectivity index (χ2n) is 8.53. The molecule has 0 aromatic heterocycles. The highest BCUT2D eigenvalue weighted by Gasteiger charge is 2.58. The van der Waals surface area contributed by atoms with Gasteiger partial charge < -0.3 is 10.0 Å². The summed E-state index contributed by atoms with van der Waals surface area (Å²) in [5.41, 5.74) is -0.869. The van der Waals surface area contributed by atoms with Gasteiger partial charge in [-0.1, -0.05) is 18.7 Å². The van der Waals surface area contributed by atoms with Gasteiger partial charge in [-0.25, -0.2) is 0 Å². The number of hydrogen-bond acceptors (Lipinski definition) is 4. The molecule has 6 nitrogen and oxygen atoms in total. The van der Waals surface area contributed by atoms with Gasteiger partial charge in [-0.2, -0.15) is 18.4 Å². The van der Waals surface area contributed by atoms with Crippen LogP contribution in [0.2, 0.25) is 0 Å². The van der Waals surface area contributed by atoms with E-state index in [9.17, 15) is 22.8 Å². The maximum atomic E-state index is 13.5. The third-order valence-electron chi connectivity index (χ3n) is 6.46. The molecule has 9 heteroatoms. The van der Waals surface area contributed by atoms with Gasteiger partial charge in [0, 0.05) is 12.1 Å². The van der Waals surface area contributed by atoms with Gasteiger partial charge in [-0.3, -0.25) is 14.5 Å². The van der Waals surface area contributed by atoms with E-state index >= 15 is 0 Å². The van der Waals surface area contributed by atoms with Gasteiger partial charge in [0.05, 0.1) is 22.9 Å². The monoisotopic (exact) mass is 469 g/mol. The number of carboxylic acid groups (broad SMARTS) is 1. The van der Waals surface area contributed by atoms with Gasteiger partial charge in [0.1, 0.15) is 11.4 Å². The molecule has 1 N–H and O–H groups in total. The van der Waals surface area contributed by atoms with Crippen LogP contribution in [-0.4, -0.2) is 22.5 Å². The highest BCUT2D eigenvalue weighted by molar-refractivity contribution is 6.11. The lowest BCUT2D eigenvalue weighted by Crippen LogP contribution is -2.54. The van der Waals surface area contributed by atoms with Crippen LogP contribution in [0.25, 0.3) is 0 Å². The molecule has 0 atom stereocenters. The lowest BCUT2D eigenvalue weighted by atomic mass is 9.75. The van der Waals surface area contributed by atoms with E-state index in [1.165, 1.54) is 11.0 Å². The molecule has 0 bridgehead atoms. The number of aliphatic carboxylic acids is 1. The lowest BCUT2D eigenvalue weighted by molar-refractivity contribution is -0.138. The summed E-state index contributed by atoms with van der Waals surface area (Å²) in [5, 5.41) is 17.9. The Morgan fingerprint density at radius 1 is 1.15 bits per heavy atom. The Morgan fingerprint density at radius 3 is 2.32 bits per heavy atom. The third-order valence-corrected chi connectivity index (χ3v) is 6.46. The van der Waals surface area contributed by atoms with Crippen molar-refractivity contribution in [2.75, 3.05) is 9.80 Å². The maximum Gasteiger partial charge on any atom is 0.417 e. The van der Waals surface area contributed by atoms with Crippen molar-refractivity contribution in [2.45, 2.75) is 50.2 Å². The van der Waals surface area contributed by atoms with Crippen LogP contribution in [0.4, 0.5) is 24.5 Å². The number of nitrogens with zero attached hydrogens (tertiary/aromatic N) is 3. The number of carboxylic acids is 1. The minimum Gasteiger partial charge on any atom is -0.481 e. The summed E-state index contributed by atoms with van der Waals surface area (Å²) in [6.45, 7) is 4.04. The first-order valence-electron chi connectivity index (χ1n) is 10.8. The second-order valence-corrected chi connectivity index (χ2v) is 8.53. The molecule has 0 radical (unpaired) electrons. The number of anilines is 2. The van der Waals surface area contributed by atoms with Gasteiger partial charge in [0.2, 0.25) is 0 Å². The number of alkyl halides is 3. The van der Waals surface area contributed by atoms with Crippen LogP contribution in [0.5, 0.6) is 0 Å². The molecule has 1 saturated carbocycles. The van der Waals surface area contributed by atoms with Crippen LogP contribution in [-0.2, 0) is 22.2 Å². The molecule has 176 valence electrons. The SMILES string of the molecule is C=C1N(c2ccc(C#N)c(C(F)(F)F)c2)C(=O)C2(CCC2)N1c1ccc(CCCC(=O)O)cc1. The van der Waals surface area contributed by atoms with Crippen LogP contribution in [0.3, 0.4) is 0 Å². The largest absolute Gasteiger partial charge is 0.481 e. The first-order valence-corrected chi connectivity index (χ1v) is 10.8. The smallest absolute Gasteiger partial charge is 0.417 e. The van der Waals surface area contributed by atoms with E-state index < -0.39 is 28.8 Å². The maximum absolute atomic E-state index is 13.5. The van der Waals surface area contributed by atoms with Crippen molar-refractivity contribution in [3.8, 4) is 6.07 Å². The fourth-order valence-corrected chi connectivity index (χ4v) is 4.64. The highest BCUT2D eigenvalue weighted by Crippen LogP contribution is 2.50. The van der Waals surface area contributed by atoms with E-state index in [2.05, 4.69) is 6.58 Å². The minimum atomic E-state index is -4.74. The summed E-state index contributed by atoms with van der Waals surface area (Å²) in [4.78, 5) is 27.2. The molecule has 4 rings (SSSR count). The number of aryl methyl sites for hydroxylation is 1. The first kappa shape index (κ1) is 23.4. The number of carbonyl (C=O) groups is 2. The van der Waals surface area contributed by atoms with E-state index in [4.69, 9.17) is 10.4 Å². The molecule has 2 fully saturated rings. The van der Waals surface area contributed by atoms with Crippen molar-refractivity contribution >= 4 is 23.3 Å². The Kier molecular flexibility index (Phi) is 5.86. The number of hydrogen-bond donors (Lipinski definition) is 1. The molecule has 2 aromatic rings. The Bertz CT molecular complexity index is 1190. The Hall–Kier alpha value is -3.80. The third kappa shape index (κ3) is 3.89. The number of rotatable bonds is 6. The predicted octanol–water partition coefficient (Wildman–Crippen LogP) is 5.23. The Morgan fingerprint density at radius 2 is 1.79 bits per heavy atom. The molecule has 2 aliphatic rings. The van der Waals surface area contributed by atoms with E-state index in [1.54, 1.807) is 11.0 Å². The van der Waals surface area contributed by atoms with Gasteiger partial charge in [-0.15, -0.1) is 0 Å². The molecule has 1 saturated heterocycles. The Balaban J connectivity index is 1.67. The van der Waals surface area contributed by atoms with Crippen molar-refractivity contribution in [1.29, 1.82) is 5.26 Å². The highest BCUT2D eigenvalue weighted by atomic mass is 19.4. The van der Waals surface area contributed by atoms with E-state index in [0.29, 0.717) is 31.4 Å². The summed E-state index contributed by atoms with van der Waals surface area (Å²) in [7, 11) is 0. The molecule has 1 heterocycles. The van der Waals surface area contributed by atoms with E-state index in [-0.39, 0.29) is 23.8 Å². The number of nitriles is 1. The zero-order valence-corrected chi connectivity index (χ0v) is 18.2. The standard InChI is InChI=1S/C25H22F3N3O3/c1-16-30(20-11-8-18(15-29)21(14-20)25(26,27)28)23(34)24(12-3-13-24)31(16)19-9-6-17(7-10-19)4-2-5-22(32)33/h6-11,14H,1-5,12-13H2,(H,32,33). The number of halogens is 3. The summed E-state index contributed by atoms with van der Waals surface area (Å²) in [5.74, 6) is -0.944. The van der Waals surface area contributed by atoms with Crippen molar-refractivity contribution in [3.05, 3.63) is 71.6 Å². The zero-order valence-electron chi connectivity index (χ0n) is 18.2.